The Labute approximate surface area is 338 Å². The van der Waals surface area contributed by atoms with Crippen LogP contribution in [0.1, 0.15) is 124 Å². The smallest absolute Gasteiger partial charge is 0.308 e. The second-order valence-corrected chi connectivity index (χ2v) is 15.4. The Kier molecular flexibility index (Phi) is 32.7. The van der Waals surface area contributed by atoms with Gasteiger partial charge in [-0.15, -0.1) is 0 Å². The average molecular weight is 819 g/mol. The molecule has 0 aliphatic heterocycles. The lowest BCUT2D eigenvalue weighted by atomic mass is 10.0. The van der Waals surface area contributed by atoms with E-state index in [-0.39, 0.29) is 95.2 Å². The molecular weight excluding hydrogens is 749 g/mol. The van der Waals surface area contributed by atoms with Crippen LogP contribution in [-0.4, -0.2) is 130 Å². The molecule has 0 aromatic rings. The Morgan fingerprint density at radius 3 is 1.43 bits per heavy atom. The van der Waals surface area contributed by atoms with E-state index in [9.17, 15) is 33.6 Å². The Morgan fingerprint density at radius 2 is 1.04 bits per heavy atom. The first-order valence-corrected chi connectivity index (χ1v) is 21.3. The van der Waals surface area contributed by atoms with Gasteiger partial charge >= 0.3 is 23.9 Å². The summed E-state index contributed by atoms with van der Waals surface area (Å²) in [6.07, 6.45) is 8.81. The van der Waals surface area contributed by atoms with Gasteiger partial charge in [0.25, 0.3) is 18.2 Å². The van der Waals surface area contributed by atoms with Crippen molar-refractivity contribution in [2.75, 3.05) is 65.9 Å². The van der Waals surface area contributed by atoms with Gasteiger partial charge in [0, 0.05) is 31.7 Å². The molecule has 0 spiro atoms. The summed E-state index contributed by atoms with van der Waals surface area (Å²) in [6, 6.07) is 0. The molecule has 1 amide bonds. The van der Waals surface area contributed by atoms with E-state index in [0.29, 0.717) is 18.6 Å². The van der Waals surface area contributed by atoms with E-state index in [1.54, 1.807) is 18.7 Å². The molecule has 0 aliphatic rings. The number of hydrogen-bond donors (Lipinski definition) is 0. The topological polar surface area (TPSA) is 181 Å². The van der Waals surface area contributed by atoms with Gasteiger partial charge in [0.05, 0.1) is 11.8 Å². The maximum absolute atomic E-state index is 13.2. The van der Waals surface area contributed by atoms with Crippen LogP contribution in [0.25, 0.3) is 0 Å². The third-order valence-electron chi connectivity index (χ3n) is 8.76. The molecule has 16 heteroatoms. The summed E-state index contributed by atoms with van der Waals surface area (Å²) in [7, 11) is 3.89. The van der Waals surface area contributed by atoms with Crippen molar-refractivity contribution in [3.05, 3.63) is 0 Å². The minimum Gasteiger partial charge on any atom is -0.464 e. The highest BCUT2D eigenvalue weighted by Gasteiger charge is 2.23. The first-order valence-electron chi connectivity index (χ1n) is 20.3. The molecule has 0 rings (SSSR count). The van der Waals surface area contributed by atoms with Crippen molar-refractivity contribution in [2.24, 2.45) is 11.8 Å². The first-order chi connectivity index (χ1) is 26.9. The SMILES string of the molecule is CCCCCCC(C)C(=O)OCC(COC=O)OC(=O)CCCN(CCCC(=O)OC(COC=O)COC(=O)C(C)CCCCCC)C(=O)SCCCN(C)C. The molecular formula is C40H70N2O13S. The van der Waals surface area contributed by atoms with Gasteiger partial charge in [0.15, 0.2) is 12.2 Å². The van der Waals surface area contributed by atoms with Gasteiger partial charge in [-0.05, 0) is 52.7 Å². The molecule has 0 saturated heterocycles. The molecule has 0 aromatic carbocycles. The zero-order valence-corrected chi connectivity index (χ0v) is 35.7. The number of thioether (sulfide) groups is 1. The molecule has 324 valence electrons. The molecule has 0 saturated carbocycles. The predicted octanol–water partition coefficient (Wildman–Crippen LogP) is 6.12. The predicted molar refractivity (Wildman–Crippen MR) is 213 cm³/mol. The third kappa shape index (κ3) is 28.9. The van der Waals surface area contributed by atoms with Crippen LogP contribution in [0.2, 0.25) is 0 Å². The van der Waals surface area contributed by atoms with Crippen molar-refractivity contribution >= 4 is 53.8 Å². The van der Waals surface area contributed by atoms with Gasteiger partial charge < -0.3 is 38.2 Å². The van der Waals surface area contributed by atoms with Crippen LogP contribution >= 0.6 is 11.8 Å². The minimum absolute atomic E-state index is 0.0645. The summed E-state index contributed by atoms with van der Waals surface area (Å²) < 4.78 is 31.2. The van der Waals surface area contributed by atoms with Crippen molar-refractivity contribution in [1.29, 1.82) is 0 Å². The van der Waals surface area contributed by atoms with Gasteiger partial charge in [-0.2, -0.15) is 0 Å². The van der Waals surface area contributed by atoms with E-state index in [0.717, 1.165) is 76.1 Å². The molecule has 0 heterocycles. The molecule has 0 aromatic heterocycles. The summed E-state index contributed by atoms with van der Waals surface area (Å²) in [5.41, 5.74) is 0. The number of unbranched alkanes of at least 4 members (excludes halogenated alkanes) is 6. The highest BCUT2D eigenvalue weighted by Crippen LogP contribution is 2.16. The fraction of sp³-hybridized carbons (Fsp3) is 0.825. The second kappa shape index (κ2) is 34.8. The zero-order chi connectivity index (χ0) is 42.0. The lowest BCUT2D eigenvalue weighted by Crippen LogP contribution is -2.33. The maximum atomic E-state index is 13.2. The van der Waals surface area contributed by atoms with Crippen LogP contribution in [0.3, 0.4) is 0 Å². The fourth-order valence-corrected chi connectivity index (χ4v) is 6.21. The Morgan fingerprint density at radius 1 is 0.589 bits per heavy atom. The van der Waals surface area contributed by atoms with E-state index in [4.69, 9.17) is 28.4 Å². The van der Waals surface area contributed by atoms with Crippen molar-refractivity contribution in [3.63, 3.8) is 0 Å². The number of hydrogen-bond acceptors (Lipinski definition) is 15. The monoisotopic (exact) mass is 818 g/mol. The first kappa shape index (κ1) is 52.6. The van der Waals surface area contributed by atoms with E-state index >= 15 is 0 Å². The molecule has 0 N–H and O–H groups in total. The normalized spacial score (nSPS) is 13.1. The average Bonchev–Trinajstić information content (AvgIpc) is 3.17. The van der Waals surface area contributed by atoms with E-state index < -0.39 is 36.1 Å². The number of amides is 1. The van der Waals surface area contributed by atoms with Crippen LogP contribution in [0.5, 0.6) is 0 Å². The summed E-state index contributed by atoms with van der Waals surface area (Å²) in [5, 5.41) is -0.202. The molecule has 15 nitrogen and oxygen atoms in total. The van der Waals surface area contributed by atoms with E-state index in [2.05, 4.69) is 13.8 Å². The minimum atomic E-state index is -0.983. The summed E-state index contributed by atoms with van der Waals surface area (Å²) in [6.45, 7) is 8.37. The van der Waals surface area contributed by atoms with Crippen molar-refractivity contribution < 1.29 is 62.0 Å². The highest BCUT2D eigenvalue weighted by atomic mass is 32.2. The molecule has 0 aliphatic carbocycles. The lowest BCUT2D eigenvalue weighted by molar-refractivity contribution is -0.165. The zero-order valence-electron chi connectivity index (χ0n) is 34.8. The van der Waals surface area contributed by atoms with E-state index in [1.807, 2.05) is 19.0 Å². The number of nitrogens with zero attached hydrogens (tertiary/aromatic N) is 2. The number of carbonyl (C=O) groups excluding carboxylic acids is 7. The van der Waals surface area contributed by atoms with Crippen molar-refractivity contribution in [1.82, 2.24) is 9.80 Å². The molecule has 4 atom stereocenters. The second-order valence-electron chi connectivity index (χ2n) is 14.3. The van der Waals surface area contributed by atoms with Crippen molar-refractivity contribution in [2.45, 2.75) is 136 Å². The van der Waals surface area contributed by atoms with Gasteiger partial charge in [-0.3, -0.25) is 33.6 Å². The highest BCUT2D eigenvalue weighted by molar-refractivity contribution is 8.13. The van der Waals surface area contributed by atoms with Crippen molar-refractivity contribution in [3.8, 4) is 0 Å². The summed E-state index contributed by atoms with van der Waals surface area (Å²) in [4.78, 5) is 88.9. The summed E-state index contributed by atoms with van der Waals surface area (Å²) in [5.74, 6) is -2.11. The molecule has 56 heavy (non-hydrogen) atoms. The maximum Gasteiger partial charge on any atom is 0.308 e. The van der Waals surface area contributed by atoms with Gasteiger partial charge in [0.1, 0.15) is 26.4 Å². The Hall–Kier alpha value is -3.40. The third-order valence-corrected chi connectivity index (χ3v) is 9.75. The van der Waals surface area contributed by atoms with Gasteiger partial charge in [-0.1, -0.05) is 90.8 Å². The van der Waals surface area contributed by atoms with Crippen LogP contribution in [-0.2, 0) is 57.2 Å². The van der Waals surface area contributed by atoms with Gasteiger partial charge in [0.2, 0.25) is 0 Å². The quantitative estimate of drug-likeness (QED) is 0.0305. The Bertz CT molecular complexity index is 1040. The number of esters is 4. The molecule has 0 bridgehead atoms. The number of rotatable bonds is 36. The van der Waals surface area contributed by atoms with E-state index in [1.165, 1.54) is 0 Å². The largest absolute Gasteiger partial charge is 0.464 e. The molecule has 4 unspecified atom stereocenters. The number of carbonyl (C=O) groups is 7. The standard InChI is InChI=1S/C40H70N2O13S/c1-7-9-11-13-18-32(3)38(47)52-28-34(26-50-30-43)54-36(45)20-15-23-42(40(49)56-25-17-22-41(5)6)24-16-21-37(46)55-35(27-51-31-44)29-53-39(48)33(4)19-14-12-10-8-2/h30-35H,7-29H2,1-6H3. The van der Waals surface area contributed by atoms with Crippen LogP contribution in [0, 0.1) is 11.8 Å². The lowest BCUT2D eigenvalue weighted by Gasteiger charge is -2.23. The molecule has 0 fully saturated rings. The van der Waals surface area contributed by atoms with Crippen LogP contribution in [0.15, 0.2) is 0 Å². The van der Waals surface area contributed by atoms with Gasteiger partial charge in [-0.25, -0.2) is 0 Å². The Balaban J connectivity index is 5.16. The number of ether oxygens (including phenoxy) is 6. The van der Waals surface area contributed by atoms with Crippen LogP contribution < -0.4 is 0 Å². The van der Waals surface area contributed by atoms with Crippen LogP contribution in [0.4, 0.5) is 4.79 Å². The summed E-state index contributed by atoms with van der Waals surface area (Å²) >= 11 is 1.15. The molecule has 0 radical (unpaired) electrons. The fourth-order valence-electron chi connectivity index (χ4n) is 5.39.